The monoisotopic (exact) mass is 439 g/mol. The third-order valence-electron chi connectivity index (χ3n) is 4.20. The molecular weight excluding hydrogens is 410 g/mol. The van der Waals surface area contributed by atoms with Crippen molar-refractivity contribution in [2.75, 3.05) is 5.32 Å². The van der Waals surface area contributed by atoms with Gasteiger partial charge in [0.25, 0.3) is 5.91 Å². The van der Waals surface area contributed by atoms with E-state index in [1.807, 2.05) is 13.8 Å². The first-order valence-corrected chi connectivity index (χ1v) is 10.2. The number of nitrogens with zero attached hydrogens (tertiary/aromatic N) is 3. The summed E-state index contributed by atoms with van der Waals surface area (Å²) in [6, 6.07) is 6.74. The SMILES string of the molecule is [C-]#[N+]c1ccc(Oc2ccnc(NC(=O)C(C)(C)NC(=O)OC(C)(C)C)n2)cc1C(C)C. The summed E-state index contributed by atoms with van der Waals surface area (Å²) in [4.78, 5) is 36.5. The molecule has 9 nitrogen and oxygen atoms in total. The molecule has 2 aromatic rings. The summed E-state index contributed by atoms with van der Waals surface area (Å²) in [5.41, 5.74) is -0.518. The topological polar surface area (TPSA) is 107 Å². The summed E-state index contributed by atoms with van der Waals surface area (Å²) >= 11 is 0. The van der Waals surface area contributed by atoms with Gasteiger partial charge in [-0.15, -0.1) is 0 Å². The minimum atomic E-state index is -1.27. The molecule has 0 saturated carbocycles. The molecule has 1 aromatic heterocycles. The average molecular weight is 440 g/mol. The highest BCUT2D eigenvalue weighted by molar-refractivity contribution is 5.98. The Morgan fingerprint density at radius 3 is 2.41 bits per heavy atom. The van der Waals surface area contributed by atoms with Crippen LogP contribution in [0.4, 0.5) is 16.4 Å². The van der Waals surface area contributed by atoms with Gasteiger partial charge >= 0.3 is 6.09 Å². The van der Waals surface area contributed by atoms with Crippen molar-refractivity contribution in [3.05, 3.63) is 47.4 Å². The maximum atomic E-state index is 12.7. The van der Waals surface area contributed by atoms with Gasteiger partial charge in [-0.05, 0) is 58.2 Å². The second-order valence-corrected chi connectivity index (χ2v) is 9.01. The van der Waals surface area contributed by atoms with Crippen LogP contribution in [0.2, 0.25) is 0 Å². The summed E-state index contributed by atoms with van der Waals surface area (Å²) in [5, 5.41) is 5.10. The molecule has 0 aliphatic carbocycles. The average Bonchev–Trinajstić information content (AvgIpc) is 2.66. The van der Waals surface area contributed by atoms with Crippen molar-refractivity contribution in [2.45, 2.75) is 65.5 Å². The fourth-order valence-corrected chi connectivity index (χ4v) is 2.61. The number of amides is 2. The zero-order valence-electron chi connectivity index (χ0n) is 19.4. The maximum Gasteiger partial charge on any atom is 0.408 e. The smallest absolute Gasteiger partial charge is 0.408 e. The largest absolute Gasteiger partial charge is 0.444 e. The Morgan fingerprint density at radius 2 is 1.81 bits per heavy atom. The molecule has 0 unspecified atom stereocenters. The van der Waals surface area contributed by atoms with Crippen LogP contribution in [-0.4, -0.2) is 33.1 Å². The number of carbonyl (C=O) groups is 2. The summed E-state index contributed by atoms with van der Waals surface area (Å²) < 4.78 is 11.0. The van der Waals surface area contributed by atoms with E-state index in [1.165, 1.54) is 6.20 Å². The van der Waals surface area contributed by atoms with E-state index in [0.29, 0.717) is 11.4 Å². The molecule has 1 heterocycles. The summed E-state index contributed by atoms with van der Waals surface area (Å²) in [6.07, 6.45) is 0.739. The fraction of sp³-hybridized carbons (Fsp3) is 0.435. The third-order valence-corrected chi connectivity index (χ3v) is 4.20. The quantitative estimate of drug-likeness (QED) is 0.600. The van der Waals surface area contributed by atoms with E-state index in [1.54, 1.807) is 58.9 Å². The van der Waals surface area contributed by atoms with Crippen LogP contribution in [-0.2, 0) is 9.53 Å². The summed E-state index contributed by atoms with van der Waals surface area (Å²) in [5.74, 6) is 0.391. The van der Waals surface area contributed by atoms with Crippen molar-refractivity contribution in [1.29, 1.82) is 0 Å². The van der Waals surface area contributed by atoms with Gasteiger partial charge in [0.1, 0.15) is 16.9 Å². The molecular formula is C23H29N5O4. The van der Waals surface area contributed by atoms with E-state index in [-0.39, 0.29) is 17.7 Å². The lowest BCUT2D eigenvalue weighted by Gasteiger charge is -2.27. The van der Waals surface area contributed by atoms with E-state index in [0.717, 1.165) is 5.56 Å². The van der Waals surface area contributed by atoms with Gasteiger partial charge in [0, 0.05) is 12.3 Å². The number of alkyl carbamates (subject to hydrolysis) is 1. The molecule has 0 fully saturated rings. The van der Waals surface area contributed by atoms with Crippen molar-refractivity contribution in [2.24, 2.45) is 0 Å². The van der Waals surface area contributed by atoms with Gasteiger partial charge in [-0.1, -0.05) is 19.9 Å². The standard InChI is InChI=1S/C23H29N5O4/c1-14(2)16-13-15(9-10-17(16)24-8)31-18-11-12-25-20(26-18)27-19(29)23(6,7)28-21(30)32-22(3,4)5/h9-14H,1-7H3,(H,28,30)(H,25,26,27,29). The molecule has 9 heteroatoms. The molecule has 1 aromatic carbocycles. The Hall–Kier alpha value is -3.67. The van der Waals surface area contributed by atoms with Crippen molar-refractivity contribution in [1.82, 2.24) is 15.3 Å². The minimum absolute atomic E-state index is 0.0217. The number of ether oxygens (including phenoxy) is 2. The van der Waals surface area contributed by atoms with Gasteiger partial charge in [0.2, 0.25) is 11.8 Å². The van der Waals surface area contributed by atoms with Crippen LogP contribution < -0.4 is 15.4 Å². The van der Waals surface area contributed by atoms with Gasteiger partial charge < -0.3 is 14.8 Å². The number of benzene rings is 1. The molecule has 0 aliphatic rings. The van der Waals surface area contributed by atoms with Crippen LogP contribution in [0.25, 0.3) is 4.85 Å². The predicted octanol–water partition coefficient (Wildman–Crippen LogP) is 5.18. The van der Waals surface area contributed by atoms with Gasteiger partial charge in [-0.25, -0.2) is 14.6 Å². The lowest BCUT2D eigenvalue weighted by atomic mass is 10.0. The Labute approximate surface area is 188 Å². The van der Waals surface area contributed by atoms with Crippen LogP contribution in [0.1, 0.15) is 59.9 Å². The zero-order chi connectivity index (χ0) is 24.1. The number of anilines is 1. The Kier molecular flexibility index (Phi) is 7.41. The highest BCUT2D eigenvalue weighted by Crippen LogP contribution is 2.32. The van der Waals surface area contributed by atoms with E-state index < -0.39 is 23.1 Å². The van der Waals surface area contributed by atoms with Crippen LogP contribution in [0.3, 0.4) is 0 Å². The zero-order valence-corrected chi connectivity index (χ0v) is 19.4. The van der Waals surface area contributed by atoms with Crippen molar-refractivity contribution in [3.63, 3.8) is 0 Å². The van der Waals surface area contributed by atoms with Gasteiger partial charge in [-0.2, -0.15) is 4.98 Å². The molecule has 170 valence electrons. The number of hydrogen-bond acceptors (Lipinski definition) is 6. The lowest BCUT2D eigenvalue weighted by Crippen LogP contribution is -2.53. The number of aromatic nitrogens is 2. The molecule has 0 saturated heterocycles. The predicted molar refractivity (Wildman–Crippen MR) is 121 cm³/mol. The fourth-order valence-electron chi connectivity index (χ4n) is 2.61. The first kappa shape index (κ1) is 24.6. The van der Waals surface area contributed by atoms with Crippen molar-refractivity contribution >= 4 is 23.6 Å². The molecule has 32 heavy (non-hydrogen) atoms. The number of hydrogen-bond donors (Lipinski definition) is 2. The molecule has 0 bridgehead atoms. The molecule has 2 amide bonds. The Balaban J connectivity index is 2.11. The lowest BCUT2D eigenvalue weighted by molar-refractivity contribution is -0.121. The van der Waals surface area contributed by atoms with Crippen LogP contribution in [0, 0.1) is 6.57 Å². The van der Waals surface area contributed by atoms with Gasteiger partial charge in [0.15, 0.2) is 5.69 Å². The molecule has 2 rings (SSSR count). The highest BCUT2D eigenvalue weighted by Gasteiger charge is 2.32. The first-order valence-electron chi connectivity index (χ1n) is 10.2. The van der Waals surface area contributed by atoms with Crippen LogP contribution in [0.15, 0.2) is 30.5 Å². The number of nitrogens with one attached hydrogen (secondary N) is 2. The highest BCUT2D eigenvalue weighted by atomic mass is 16.6. The van der Waals surface area contributed by atoms with E-state index in [9.17, 15) is 9.59 Å². The van der Waals surface area contributed by atoms with Gasteiger partial charge in [-0.3, -0.25) is 10.1 Å². The Bertz CT molecular complexity index is 1040. The number of carbonyl (C=O) groups excluding carboxylic acids is 2. The van der Waals surface area contributed by atoms with E-state index in [2.05, 4.69) is 25.4 Å². The molecule has 0 radical (unpaired) electrons. The molecule has 0 spiro atoms. The van der Waals surface area contributed by atoms with E-state index >= 15 is 0 Å². The third kappa shape index (κ3) is 6.94. The summed E-state index contributed by atoms with van der Waals surface area (Å²) in [6.45, 7) is 19.6. The van der Waals surface area contributed by atoms with E-state index in [4.69, 9.17) is 16.0 Å². The minimum Gasteiger partial charge on any atom is -0.444 e. The first-order chi connectivity index (χ1) is 14.8. The van der Waals surface area contributed by atoms with Crippen LogP contribution >= 0.6 is 0 Å². The van der Waals surface area contributed by atoms with Gasteiger partial charge in [0.05, 0.1) is 6.57 Å². The summed E-state index contributed by atoms with van der Waals surface area (Å²) in [7, 11) is 0. The molecule has 2 N–H and O–H groups in total. The number of rotatable bonds is 6. The van der Waals surface area contributed by atoms with Crippen LogP contribution in [0.5, 0.6) is 11.6 Å². The molecule has 0 atom stereocenters. The van der Waals surface area contributed by atoms with Crippen molar-refractivity contribution in [3.8, 4) is 11.6 Å². The normalized spacial score (nSPS) is 11.5. The van der Waals surface area contributed by atoms with Crippen molar-refractivity contribution < 1.29 is 19.1 Å². The second kappa shape index (κ2) is 9.64. The Morgan fingerprint density at radius 1 is 1.12 bits per heavy atom. The molecule has 0 aliphatic heterocycles. The second-order valence-electron chi connectivity index (χ2n) is 9.01. The maximum absolute atomic E-state index is 12.7.